The Morgan fingerprint density at radius 2 is 1.88 bits per heavy atom. The van der Waals surface area contributed by atoms with Gasteiger partial charge in [0.05, 0.1) is 35.8 Å². The number of fused-ring (bicyclic) bond motifs is 1. The van der Waals surface area contributed by atoms with Crippen LogP contribution in [-0.2, 0) is 16.4 Å². The number of rotatable bonds is 13. The Hall–Kier alpha value is -3.52. The first-order valence-electron chi connectivity index (χ1n) is 13.4. The predicted octanol–water partition coefficient (Wildman–Crippen LogP) is 4.02. The van der Waals surface area contributed by atoms with Gasteiger partial charge >= 0.3 is 0 Å². The molecule has 0 aliphatic rings. The number of hydrogen-bond acceptors (Lipinski definition) is 8. The first-order valence-corrected chi connectivity index (χ1v) is 15.3. The van der Waals surface area contributed by atoms with Crippen molar-refractivity contribution < 1.29 is 22.0 Å². The zero-order valence-electron chi connectivity index (χ0n) is 24.5. The van der Waals surface area contributed by atoms with Crippen LogP contribution in [0.25, 0.3) is 5.65 Å². The highest BCUT2D eigenvalue weighted by Gasteiger charge is 2.28. The lowest BCUT2D eigenvalue weighted by atomic mass is 10.0. The van der Waals surface area contributed by atoms with Crippen molar-refractivity contribution in [1.29, 1.82) is 0 Å². The molecule has 0 unspecified atom stereocenters. The zero-order valence-corrected chi connectivity index (χ0v) is 25.4. The van der Waals surface area contributed by atoms with Gasteiger partial charge in [0.1, 0.15) is 11.6 Å². The van der Waals surface area contributed by atoms with Gasteiger partial charge in [-0.1, -0.05) is 19.9 Å². The fourth-order valence-corrected chi connectivity index (χ4v) is 5.00. The molecular formula is C27H40F2N8O3S. The minimum absolute atomic E-state index is 0.181. The van der Waals surface area contributed by atoms with Crippen LogP contribution >= 0.6 is 0 Å². The van der Waals surface area contributed by atoms with Crippen molar-refractivity contribution in [2.45, 2.75) is 65.5 Å². The van der Waals surface area contributed by atoms with Crippen LogP contribution in [0.15, 0.2) is 24.3 Å². The Balaban J connectivity index is 2.07. The van der Waals surface area contributed by atoms with Crippen molar-refractivity contribution >= 4 is 38.9 Å². The molecule has 0 aliphatic heterocycles. The molecule has 3 rings (SSSR count). The molecule has 1 amide bonds. The lowest BCUT2D eigenvalue weighted by molar-refractivity contribution is 0.0723. The smallest absolute Gasteiger partial charge is 0.256 e. The van der Waals surface area contributed by atoms with Gasteiger partial charge in [-0.25, -0.2) is 22.2 Å². The fraction of sp³-hybridized carbons (Fsp3) is 0.519. The van der Waals surface area contributed by atoms with Gasteiger partial charge in [-0.05, 0) is 51.3 Å². The van der Waals surface area contributed by atoms with Crippen LogP contribution in [0.3, 0.4) is 0 Å². The standard InChI is InChI=1S/C27H40F2N8O3S/c1-8-17-10-11-19(35-41(7,39)40)18(12-17)26(38)36(6)21(9-2)20-13-23-33-24(32-15-27(4,5)30)16(3)25(37(23)34-20)31-14-22(28)29/h10-13,21-22,31,35H,8-9,14-15,30H2,1-7H3,(H,32,33)/t21-/m0/s1. The van der Waals surface area contributed by atoms with E-state index in [2.05, 4.69) is 25.4 Å². The third kappa shape index (κ3) is 8.03. The average Bonchev–Trinajstić information content (AvgIpc) is 3.28. The maximum Gasteiger partial charge on any atom is 0.256 e. The number of nitrogens with zero attached hydrogens (tertiary/aromatic N) is 4. The number of aromatic nitrogens is 3. The summed E-state index contributed by atoms with van der Waals surface area (Å²) in [5.41, 5.74) is 8.32. The maximum absolute atomic E-state index is 13.8. The van der Waals surface area contributed by atoms with E-state index in [-0.39, 0.29) is 11.3 Å². The summed E-state index contributed by atoms with van der Waals surface area (Å²) in [5.74, 6) is 0.422. The van der Waals surface area contributed by atoms with Gasteiger partial charge in [0.15, 0.2) is 5.65 Å². The van der Waals surface area contributed by atoms with E-state index in [4.69, 9.17) is 5.73 Å². The first-order chi connectivity index (χ1) is 19.0. The second kappa shape index (κ2) is 12.6. The van der Waals surface area contributed by atoms with Gasteiger partial charge in [0.2, 0.25) is 10.0 Å². The lowest BCUT2D eigenvalue weighted by Gasteiger charge is -2.27. The molecule has 11 nitrogen and oxygen atoms in total. The normalized spacial score (nSPS) is 13.0. The van der Waals surface area contributed by atoms with Crippen LogP contribution in [0, 0.1) is 6.92 Å². The van der Waals surface area contributed by atoms with Gasteiger partial charge < -0.3 is 21.3 Å². The minimum atomic E-state index is -3.63. The molecule has 0 bridgehead atoms. The van der Waals surface area contributed by atoms with E-state index in [0.29, 0.717) is 47.9 Å². The average molecular weight is 595 g/mol. The molecule has 2 aromatic heterocycles. The Labute approximate surface area is 239 Å². The van der Waals surface area contributed by atoms with Gasteiger partial charge in [-0.2, -0.15) is 9.61 Å². The quantitative estimate of drug-likeness (QED) is 0.232. The Bertz CT molecular complexity index is 1500. The van der Waals surface area contributed by atoms with Crippen LogP contribution in [0.4, 0.5) is 26.1 Å². The van der Waals surface area contributed by atoms with Crippen LogP contribution in [0.1, 0.15) is 67.3 Å². The summed E-state index contributed by atoms with van der Waals surface area (Å²) in [7, 11) is -2.01. The third-order valence-electron chi connectivity index (χ3n) is 6.53. The SMILES string of the molecule is CCc1ccc(NS(C)(=O)=O)c(C(=O)N(C)[C@@H](CC)c2cc3nc(NCC(C)(C)N)c(C)c(NCC(F)F)n3n2)c1. The summed E-state index contributed by atoms with van der Waals surface area (Å²) in [4.78, 5) is 19.9. The van der Waals surface area contributed by atoms with Crippen molar-refractivity contribution in [3.05, 3.63) is 46.6 Å². The number of alkyl halides is 2. The van der Waals surface area contributed by atoms with Crippen LogP contribution < -0.4 is 21.1 Å². The number of nitrogens with one attached hydrogen (secondary N) is 3. The van der Waals surface area contributed by atoms with Crippen LogP contribution in [0.5, 0.6) is 0 Å². The van der Waals surface area contributed by atoms with E-state index in [0.717, 1.165) is 11.8 Å². The van der Waals surface area contributed by atoms with E-state index in [1.165, 1.54) is 9.42 Å². The summed E-state index contributed by atoms with van der Waals surface area (Å²) < 4.78 is 54.2. The van der Waals surface area contributed by atoms with Crippen molar-refractivity contribution in [2.75, 3.05) is 41.7 Å². The molecule has 0 aliphatic carbocycles. The largest absolute Gasteiger partial charge is 0.368 e. The van der Waals surface area contributed by atoms with Gasteiger partial charge in [0.25, 0.3) is 12.3 Å². The summed E-state index contributed by atoms with van der Waals surface area (Å²) in [6.07, 6.45) is -0.437. The van der Waals surface area contributed by atoms with E-state index >= 15 is 0 Å². The molecule has 0 saturated carbocycles. The molecule has 0 fully saturated rings. The highest BCUT2D eigenvalue weighted by atomic mass is 32.2. The number of carbonyl (C=O) groups excluding carboxylic acids is 1. The Morgan fingerprint density at radius 3 is 2.44 bits per heavy atom. The predicted molar refractivity (Wildman–Crippen MR) is 158 cm³/mol. The van der Waals surface area contributed by atoms with E-state index < -0.39 is 40.5 Å². The molecule has 1 aromatic carbocycles. The van der Waals surface area contributed by atoms with Crippen LogP contribution in [0.2, 0.25) is 0 Å². The number of benzene rings is 1. The van der Waals surface area contributed by atoms with Crippen molar-refractivity contribution in [3.63, 3.8) is 0 Å². The van der Waals surface area contributed by atoms with E-state index in [1.807, 2.05) is 27.7 Å². The molecule has 3 aromatic rings. The molecule has 226 valence electrons. The molecule has 14 heteroatoms. The van der Waals surface area contributed by atoms with E-state index in [9.17, 15) is 22.0 Å². The van der Waals surface area contributed by atoms with Crippen molar-refractivity contribution in [1.82, 2.24) is 19.5 Å². The molecule has 2 heterocycles. The van der Waals surface area contributed by atoms with Crippen LogP contribution in [-0.4, -0.2) is 72.2 Å². The Kier molecular flexibility index (Phi) is 9.80. The Morgan fingerprint density at radius 1 is 1.20 bits per heavy atom. The molecule has 1 atom stereocenters. The number of nitrogens with two attached hydrogens (primary N) is 1. The third-order valence-corrected chi connectivity index (χ3v) is 7.12. The lowest BCUT2D eigenvalue weighted by Crippen LogP contribution is -2.40. The fourth-order valence-electron chi connectivity index (χ4n) is 4.42. The summed E-state index contributed by atoms with van der Waals surface area (Å²) in [6.45, 7) is 9.09. The number of sulfonamides is 1. The summed E-state index contributed by atoms with van der Waals surface area (Å²) in [5, 5.41) is 10.6. The second-order valence-corrected chi connectivity index (χ2v) is 12.6. The summed E-state index contributed by atoms with van der Waals surface area (Å²) >= 11 is 0. The second-order valence-electron chi connectivity index (χ2n) is 10.8. The first kappa shape index (κ1) is 32.0. The highest BCUT2D eigenvalue weighted by Crippen LogP contribution is 2.30. The number of aryl methyl sites for hydroxylation is 1. The molecular weight excluding hydrogens is 554 g/mol. The molecule has 0 saturated heterocycles. The summed E-state index contributed by atoms with van der Waals surface area (Å²) in [6, 6.07) is 6.21. The molecule has 41 heavy (non-hydrogen) atoms. The monoisotopic (exact) mass is 594 g/mol. The highest BCUT2D eigenvalue weighted by molar-refractivity contribution is 7.92. The molecule has 5 N–H and O–H groups in total. The number of halogens is 2. The zero-order chi connectivity index (χ0) is 30.7. The number of hydrogen-bond donors (Lipinski definition) is 4. The maximum atomic E-state index is 13.8. The van der Waals surface area contributed by atoms with Gasteiger partial charge in [-0.15, -0.1) is 0 Å². The topological polar surface area (TPSA) is 147 Å². The number of carbonyl (C=O) groups is 1. The van der Waals surface area contributed by atoms with Crippen molar-refractivity contribution in [3.8, 4) is 0 Å². The number of amides is 1. The molecule has 0 radical (unpaired) electrons. The molecule has 0 spiro atoms. The number of anilines is 3. The van der Waals surface area contributed by atoms with Crippen molar-refractivity contribution in [2.24, 2.45) is 5.73 Å². The van der Waals surface area contributed by atoms with Gasteiger partial charge in [-0.3, -0.25) is 9.52 Å². The van der Waals surface area contributed by atoms with E-state index in [1.54, 1.807) is 38.2 Å². The van der Waals surface area contributed by atoms with Gasteiger partial charge in [0, 0.05) is 30.8 Å². The minimum Gasteiger partial charge on any atom is -0.368 e.